The minimum atomic E-state index is -0.915. The monoisotopic (exact) mass is 540 g/mol. The molecule has 1 aromatic rings. The lowest BCUT2D eigenvalue weighted by molar-refractivity contribution is -0.112. The maximum Gasteiger partial charge on any atom is 0.405 e. The number of anilines is 1. The summed E-state index contributed by atoms with van der Waals surface area (Å²) in [5.74, 6) is 2.34. The van der Waals surface area contributed by atoms with E-state index in [0.29, 0.717) is 42.5 Å². The maximum absolute atomic E-state index is 13.0. The zero-order chi connectivity index (χ0) is 29.1. The Morgan fingerprint density at radius 2 is 1.87 bits per heavy atom. The summed E-state index contributed by atoms with van der Waals surface area (Å²) < 4.78 is 16.8. The molecule has 2 amide bonds. The van der Waals surface area contributed by atoms with Gasteiger partial charge in [-0.2, -0.15) is 0 Å². The van der Waals surface area contributed by atoms with Crippen molar-refractivity contribution in [2.45, 2.75) is 84.2 Å². The molecule has 0 radical (unpaired) electrons. The summed E-state index contributed by atoms with van der Waals surface area (Å²) in [4.78, 5) is 24.7. The number of primary amides is 1. The van der Waals surface area contributed by atoms with Crippen molar-refractivity contribution in [2.75, 3.05) is 19.5 Å². The van der Waals surface area contributed by atoms with Crippen LogP contribution in [0.3, 0.4) is 0 Å². The van der Waals surface area contributed by atoms with Crippen LogP contribution in [0.5, 0.6) is 0 Å². The number of fused-ring (bicyclic) bond motifs is 2. The minimum Gasteiger partial charge on any atom is -0.439 e. The Kier molecular flexibility index (Phi) is 12.7. The largest absolute Gasteiger partial charge is 0.439 e. The van der Waals surface area contributed by atoms with Gasteiger partial charge in [-0.3, -0.25) is 4.79 Å². The number of rotatable bonds is 4. The first-order chi connectivity index (χ1) is 18.5. The summed E-state index contributed by atoms with van der Waals surface area (Å²) in [6.07, 6.45) is 8.66. The lowest BCUT2D eigenvalue weighted by atomic mass is 9.88. The highest BCUT2D eigenvalue weighted by molar-refractivity contribution is 6.03. The summed E-state index contributed by atoms with van der Waals surface area (Å²) in [5, 5.41) is 14.2. The Morgan fingerprint density at radius 3 is 2.49 bits per heavy atom. The number of ether oxygens (including phenoxy) is 3. The van der Waals surface area contributed by atoms with Crippen LogP contribution in [0.2, 0.25) is 0 Å². The molecular weight excluding hydrogens is 496 g/mol. The van der Waals surface area contributed by atoms with Gasteiger partial charge >= 0.3 is 6.09 Å². The molecule has 39 heavy (non-hydrogen) atoms. The Labute approximate surface area is 233 Å². The Bertz CT molecular complexity index is 1090. The van der Waals surface area contributed by atoms with Crippen LogP contribution < -0.4 is 11.1 Å². The van der Waals surface area contributed by atoms with Crippen LogP contribution >= 0.6 is 0 Å². The number of nitrogens with one attached hydrogen (secondary N) is 1. The van der Waals surface area contributed by atoms with Crippen molar-refractivity contribution in [3.63, 3.8) is 0 Å². The van der Waals surface area contributed by atoms with Gasteiger partial charge in [0.05, 0.1) is 18.3 Å². The Hall–Kier alpha value is -3.12. The van der Waals surface area contributed by atoms with E-state index in [0.717, 1.165) is 17.5 Å². The molecule has 214 valence electrons. The van der Waals surface area contributed by atoms with Crippen molar-refractivity contribution in [3.05, 3.63) is 52.6 Å². The smallest absolute Gasteiger partial charge is 0.405 e. The van der Waals surface area contributed by atoms with Crippen molar-refractivity contribution in [2.24, 2.45) is 17.6 Å². The third kappa shape index (κ3) is 9.85. The third-order valence-corrected chi connectivity index (χ3v) is 7.18. The van der Waals surface area contributed by atoms with Gasteiger partial charge in [0.15, 0.2) is 6.10 Å². The fourth-order valence-electron chi connectivity index (χ4n) is 5.14. The van der Waals surface area contributed by atoms with Gasteiger partial charge in [0.25, 0.3) is 5.91 Å². The van der Waals surface area contributed by atoms with Crippen molar-refractivity contribution < 1.29 is 28.9 Å². The number of nitrogens with two attached hydrogens (primary N) is 1. The lowest BCUT2D eigenvalue weighted by Gasteiger charge is -2.30. The van der Waals surface area contributed by atoms with Gasteiger partial charge in [0.1, 0.15) is 0 Å². The zero-order valence-corrected chi connectivity index (χ0v) is 24.0. The maximum atomic E-state index is 13.0. The molecule has 2 bridgehead atoms. The van der Waals surface area contributed by atoms with E-state index < -0.39 is 30.5 Å². The summed E-state index contributed by atoms with van der Waals surface area (Å²) in [6.45, 7) is 7.58. The first-order valence-corrected chi connectivity index (χ1v) is 13.4. The number of aliphatic hydroxyl groups excluding tert-OH is 1. The summed E-state index contributed by atoms with van der Waals surface area (Å²) in [7, 11) is 3.13. The number of benzene rings is 1. The third-order valence-electron chi connectivity index (χ3n) is 7.18. The van der Waals surface area contributed by atoms with E-state index >= 15 is 0 Å². The van der Waals surface area contributed by atoms with Crippen LogP contribution in [0.25, 0.3) is 0 Å². The van der Waals surface area contributed by atoms with E-state index in [1.54, 1.807) is 14.0 Å². The fraction of sp³-hybridized carbons (Fsp3) is 0.548. The molecule has 0 aromatic heterocycles. The zero-order valence-electron chi connectivity index (χ0n) is 24.0. The number of terminal acetylenes is 1. The molecule has 0 aliphatic carbocycles. The lowest BCUT2D eigenvalue weighted by Crippen LogP contribution is -2.37. The number of hydrogen-bond donors (Lipinski definition) is 3. The van der Waals surface area contributed by atoms with E-state index in [9.17, 15) is 14.7 Å². The molecule has 8 heteroatoms. The van der Waals surface area contributed by atoms with Crippen LogP contribution in [0.4, 0.5) is 10.5 Å². The van der Waals surface area contributed by atoms with Gasteiger partial charge in [-0.15, -0.1) is 12.3 Å². The first kappa shape index (κ1) is 32.1. The highest BCUT2D eigenvalue weighted by Crippen LogP contribution is 2.26. The number of allylic oxidation sites excluding steroid dienone is 1. The highest BCUT2D eigenvalue weighted by Gasteiger charge is 2.30. The second-order valence-electron chi connectivity index (χ2n) is 10.5. The number of methoxy groups -OCH3 is 2. The van der Waals surface area contributed by atoms with Crippen LogP contribution in [-0.2, 0) is 31.8 Å². The molecule has 1 heterocycles. The van der Waals surface area contributed by atoms with Crippen molar-refractivity contribution in [1.82, 2.24) is 0 Å². The summed E-state index contributed by atoms with van der Waals surface area (Å²) in [5.41, 5.74) is 9.33. The SMILES string of the molecule is C#CCc1cc2cc(c1)NC(=O)C(C)=CCCC(OC)C(OC(N)=O)C(C)=CC(C)C(O)C(OC)CC(C)C2. The molecule has 0 spiro atoms. The first-order valence-electron chi connectivity index (χ1n) is 13.4. The van der Waals surface area contributed by atoms with Crippen molar-refractivity contribution in [3.8, 4) is 12.3 Å². The van der Waals surface area contributed by atoms with Crippen LogP contribution in [0.1, 0.15) is 58.1 Å². The number of aliphatic hydroxyl groups is 1. The van der Waals surface area contributed by atoms with Gasteiger partial charge in [-0.1, -0.05) is 32.1 Å². The van der Waals surface area contributed by atoms with Crippen molar-refractivity contribution >= 4 is 17.7 Å². The van der Waals surface area contributed by atoms with Gasteiger partial charge in [0.2, 0.25) is 0 Å². The van der Waals surface area contributed by atoms with Crippen LogP contribution in [-0.4, -0.2) is 55.7 Å². The second kappa shape index (κ2) is 15.5. The molecule has 4 N–H and O–H groups in total. The average molecular weight is 541 g/mol. The Morgan fingerprint density at radius 1 is 1.18 bits per heavy atom. The molecule has 0 fully saturated rings. The standard InChI is InChI=1S/C31H44N2O6/c1-8-10-23-16-24-13-19(2)14-27(38-7)28(34)21(4)15-22(5)29(39-31(32)36)26(37-6)12-9-11-20(3)30(35)33-25(17-23)18-24/h1,11,15-19,21,26-29,34H,9-10,12-14H2,2-7H3,(H2,32,36)(H,33,35). The Balaban J connectivity index is 2.50. The van der Waals surface area contributed by atoms with Crippen molar-refractivity contribution in [1.29, 1.82) is 0 Å². The van der Waals surface area contributed by atoms with Gasteiger partial charge in [-0.25, -0.2) is 4.79 Å². The molecule has 6 atom stereocenters. The molecule has 0 saturated heterocycles. The van der Waals surface area contributed by atoms with Gasteiger partial charge in [-0.05, 0) is 74.3 Å². The molecule has 8 nitrogen and oxygen atoms in total. The number of carbonyl (C=O) groups excluding carboxylic acids is 2. The van der Waals surface area contributed by atoms with E-state index in [1.165, 1.54) is 7.11 Å². The van der Waals surface area contributed by atoms with E-state index in [-0.39, 0.29) is 17.7 Å². The molecular formula is C31H44N2O6. The molecule has 1 aromatic carbocycles. The van der Waals surface area contributed by atoms with E-state index in [2.05, 4.69) is 24.2 Å². The predicted molar refractivity (Wildman–Crippen MR) is 153 cm³/mol. The normalized spacial score (nSPS) is 27.5. The molecule has 1 aliphatic heterocycles. The number of carbonyl (C=O) groups is 2. The van der Waals surface area contributed by atoms with Gasteiger partial charge < -0.3 is 30.4 Å². The van der Waals surface area contributed by atoms with Gasteiger partial charge in [0, 0.05) is 37.8 Å². The molecule has 1 aliphatic rings. The minimum absolute atomic E-state index is 0.166. The molecule has 6 unspecified atom stereocenters. The summed E-state index contributed by atoms with van der Waals surface area (Å²) >= 11 is 0. The predicted octanol–water partition coefficient (Wildman–Crippen LogP) is 4.55. The van der Waals surface area contributed by atoms with E-state index in [1.807, 2.05) is 38.1 Å². The number of amides is 2. The van der Waals surface area contributed by atoms with Crippen LogP contribution in [0.15, 0.2) is 41.5 Å². The fourth-order valence-corrected chi connectivity index (χ4v) is 5.14. The highest BCUT2D eigenvalue weighted by atomic mass is 16.6. The quantitative estimate of drug-likeness (QED) is 0.381. The van der Waals surface area contributed by atoms with E-state index in [4.69, 9.17) is 26.4 Å². The summed E-state index contributed by atoms with van der Waals surface area (Å²) in [6, 6.07) is 5.93. The molecule has 2 rings (SSSR count). The molecule has 0 saturated carbocycles. The van der Waals surface area contributed by atoms with Crippen LogP contribution in [0, 0.1) is 24.2 Å². The average Bonchev–Trinajstić information content (AvgIpc) is 2.87. The topological polar surface area (TPSA) is 120 Å². The second-order valence-corrected chi connectivity index (χ2v) is 10.5. The number of hydrogen-bond acceptors (Lipinski definition) is 6.